The third-order valence-electron chi connectivity index (χ3n) is 5.20. The number of urea groups is 2. The Morgan fingerprint density at radius 3 is 2.54 bits per heavy atom. The second-order valence-corrected chi connectivity index (χ2v) is 8.69. The molecule has 2 aromatic carbocycles. The maximum Gasteiger partial charge on any atom is 0.331 e. The number of imide groups is 1. The molecule has 8 nitrogen and oxygen atoms in total. The van der Waals surface area contributed by atoms with Crippen LogP contribution in [0.5, 0.6) is 5.75 Å². The number of aromatic nitrogens is 1. The minimum Gasteiger partial charge on any atom is -0.488 e. The van der Waals surface area contributed by atoms with E-state index in [1.54, 1.807) is 68.6 Å². The standard InChI is InChI=1S/C25H25ClFN5O3/c1-16(2)35-22-11-10-19(13-21(22)27)29-23-30-24(33)32(15-20-5-3-4-12-28-20)25(34)31(23)14-17-6-8-18(26)9-7-17/h3-13,16,23,29H,14-15H2,1-2H3,(H,30,33). The van der Waals surface area contributed by atoms with Crippen LogP contribution >= 0.6 is 11.6 Å². The molecule has 0 spiro atoms. The lowest BCUT2D eigenvalue weighted by molar-refractivity contribution is 0.104. The zero-order chi connectivity index (χ0) is 24.9. The van der Waals surface area contributed by atoms with Crippen molar-refractivity contribution in [1.82, 2.24) is 20.1 Å². The molecule has 182 valence electrons. The van der Waals surface area contributed by atoms with E-state index in [0.29, 0.717) is 16.4 Å². The van der Waals surface area contributed by atoms with Crippen LogP contribution in [0, 0.1) is 5.82 Å². The van der Waals surface area contributed by atoms with Crippen LogP contribution in [0.4, 0.5) is 19.7 Å². The van der Waals surface area contributed by atoms with Gasteiger partial charge in [-0.1, -0.05) is 29.8 Å². The van der Waals surface area contributed by atoms with Crippen molar-refractivity contribution < 1.29 is 18.7 Å². The van der Waals surface area contributed by atoms with Gasteiger partial charge in [-0.05, 0) is 55.8 Å². The number of carbonyl (C=O) groups excluding carboxylic acids is 2. The van der Waals surface area contributed by atoms with Crippen LogP contribution in [0.3, 0.4) is 0 Å². The molecule has 1 fully saturated rings. The number of rotatable bonds is 8. The van der Waals surface area contributed by atoms with Gasteiger partial charge in [-0.15, -0.1) is 0 Å². The number of benzene rings is 2. The SMILES string of the molecule is CC(C)Oc1ccc(NC2NC(=O)N(Cc3ccccn3)C(=O)N2Cc2ccc(Cl)cc2)cc1F. The van der Waals surface area contributed by atoms with Crippen molar-refractivity contribution in [3.8, 4) is 5.75 Å². The predicted octanol–water partition coefficient (Wildman–Crippen LogP) is 5.20. The first-order valence-corrected chi connectivity index (χ1v) is 11.4. The molecule has 0 aliphatic carbocycles. The van der Waals surface area contributed by atoms with Gasteiger partial charge in [-0.25, -0.2) is 18.9 Å². The maximum absolute atomic E-state index is 14.5. The minimum atomic E-state index is -0.929. The van der Waals surface area contributed by atoms with E-state index in [4.69, 9.17) is 16.3 Å². The molecule has 1 aliphatic rings. The molecule has 35 heavy (non-hydrogen) atoms. The van der Waals surface area contributed by atoms with E-state index in [2.05, 4.69) is 15.6 Å². The normalized spacial score (nSPS) is 15.9. The number of halogens is 2. The highest BCUT2D eigenvalue weighted by Gasteiger charge is 2.38. The molecule has 2 N–H and O–H groups in total. The van der Waals surface area contributed by atoms with Crippen molar-refractivity contribution in [2.45, 2.75) is 39.3 Å². The number of pyridine rings is 1. The van der Waals surface area contributed by atoms with Gasteiger partial charge in [-0.2, -0.15) is 0 Å². The van der Waals surface area contributed by atoms with Gasteiger partial charge in [0, 0.05) is 23.0 Å². The molecule has 4 amide bonds. The lowest BCUT2D eigenvalue weighted by atomic mass is 10.2. The van der Waals surface area contributed by atoms with Crippen LogP contribution in [-0.4, -0.2) is 39.2 Å². The van der Waals surface area contributed by atoms with Gasteiger partial charge in [0.05, 0.1) is 24.9 Å². The Bertz CT molecular complexity index is 1190. The molecule has 1 aromatic heterocycles. The monoisotopic (exact) mass is 497 g/mol. The van der Waals surface area contributed by atoms with Crippen molar-refractivity contribution in [3.63, 3.8) is 0 Å². The summed E-state index contributed by atoms with van der Waals surface area (Å²) >= 11 is 6.00. The zero-order valence-corrected chi connectivity index (χ0v) is 20.0. The van der Waals surface area contributed by atoms with Gasteiger partial charge >= 0.3 is 12.1 Å². The molecule has 10 heteroatoms. The first-order chi connectivity index (χ1) is 16.8. The molecular formula is C25H25ClFN5O3. The first-order valence-electron chi connectivity index (χ1n) is 11.1. The van der Waals surface area contributed by atoms with E-state index in [0.717, 1.165) is 10.5 Å². The molecule has 0 bridgehead atoms. The van der Waals surface area contributed by atoms with Crippen LogP contribution in [0.15, 0.2) is 66.9 Å². The quantitative estimate of drug-likeness (QED) is 0.446. The van der Waals surface area contributed by atoms with Crippen molar-refractivity contribution in [1.29, 1.82) is 0 Å². The highest BCUT2D eigenvalue weighted by molar-refractivity contribution is 6.30. The van der Waals surface area contributed by atoms with Gasteiger partial charge in [-0.3, -0.25) is 15.2 Å². The van der Waals surface area contributed by atoms with Crippen molar-refractivity contribution in [3.05, 3.63) is 89.0 Å². The molecule has 1 atom stereocenters. The van der Waals surface area contributed by atoms with E-state index in [-0.39, 0.29) is 24.9 Å². The Hall–Kier alpha value is -3.85. The average Bonchev–Trinajstić information content (AvgIpc) is 2.82. The summed E-state index contributed by atoms with van der Waals surface area (Å²) < 4.78 is 20.0. The summed E-state index contributed by atoms with van der Waals surface area (Å²) in [4.78, 5) is 33.1. The van der Waals surface area contributed by atoms with E-state index in [9.17, 15) is 14.0 Å². The Kier molecular flexibility index (Phi) is 7.36. The highest BCUT2D eigenvalue weighted by Crippen LogP contribution is 2.25. The second-order valence-electron chi connectivity index (χ2n) is 8.25. The summed E-state index contributed by atoms with van der Waals surface area (Å²) in [7, 11) is 0. The fourth-order valence-electron chi connectivity index (χ4n) is 3.58. The lowest BCUT2D eigenvalue weighted by Gasteiger charge is -2.41. The first kappa shape index (κ1) is 24.3. The number of hydrogen-bond acceptors (Lipinski definition) is 5. The average molecular weight is 498 g/mol. The number of nitrogens with zero attached hydrogens (tertiary/aromatic N) is 3. The van der Waals surface area contributed by atoms with E-state index in [1.165, 1.54) is 17.0 Å². The van der Waals surface area contributed by atoms with Gasteiger partial charge in [0.15, 0.2) is 17.9 Å². The van der Waals surface area contributed by atoms with Gasteiger partial charge in [0.25, 0.3) is 0 Å². The molecule has 3 aromatic rings. The Morgan fingerprint density at radius 1 is 1.11 bits per heavy atom. The summed E-state index contributed by atoms with van der Waals surface area (Å²) in [6.07, 6.45) is 0.485. The van der Waals surface area contributed by atoms with Crippen LogP contribution < -0.4 is 15.4 Å². The lowest BCUT2D eigenvalue weighted by Crippen LogP contribution is -2.66. The minimum absolute atomic E-state index is 0.00517. The molecule has 0 radical (unpaired) electrons. The molecule has 1 aliphatic heterocycles. The largest absolute Gasteiger partial charge is 0.488 e. The molecule has 1 unspecified atom stereocenters. The summed E-state index contributed by atoms with van der Waals surface area (Å²) in [6.45, 7) is 3.79. The Morgan fingerprint density at radius 2 is 1.89 bits per heavy atom. The van der Waals surface area contributed by atoms with Crippen LogP contribution in [-0.2, 0) is 13.1 Å². The fraction of sp³-hybridized carbons (Fsp3) is 0.240. The Labute approximate surface area is 207 Å². The smallest absolute Gasteiger partial charge is 0.331 e. The molecule has 4 rings (SSSR count). The van der Waals surface area contributed by atoms with Crippen molar-refractivity contribution in [2.24, 2.45) is 0 Å². The zero-order valence-electron chi connectivity index (χ0n) is 19.2. The molecule has 0 saturated carbocycles. The van der Waals surface area contributed by atoms with Gasteiger partial charge in [0.2, 0.25) is 0 Å². The third-order valence-corrected chi connectivity index (χ3v) is 5.46. The van der Waals surface area contributed by atoms with E-state index >= 15 is 0 Å². The van der Waals surface area contributed by atoms with Crippen LogP contribution in [0.2, 0.25) is 5.02 Å². The summed E-state index contributed by atoms with van der Waals surface area (Å²) in [6, 6.07) is 15.6. The number of hydrogen-bond donors (Lipinski definition) is 2. The van der Waals surface area contributed by atoms with Gasteiger partial charge in [0.1, 0.15) is 0 Å². The third kappa shape index (κ3) is 5.99. The van der Waals surface area contributed by atoms with Crippen LogP contribution in [0.25, 0.3) is 0 Å². The summed E-state index contributed by atoms with van der Waals surface area (Å²) in [5.74, 6) is -0.438. The van der Waals surface area contributed by atoms with Crippen molar-refractivity contribution >= 4 is 29.4 Å². The number of carbonyl (C=O) groups is 2. The number of anilines is 1. The number of nitrogens with one attached hydrogen (secondary N) is 2. The van der Waals surface area contributed by atoms with Crippen LogP contribution in [0.1, 0.15) is 25.1 Å². The number of amides is 4. The van der Waals surface area contributed by atoms with E-state index < -0.39 is 24.2 Å². The van der Waals surface area contributed by atoms with Gasteiger partial charge < -0.3 is 10.1 Å². The maximum atomic E-state index is 14.5. The summed E-state index contributed by atoms with van der Waals surface area (Å²) in [5.41, 5.74) is 1.74. The number of ether oxygens (including phenoxy) is 1. The topological polar surface area (TPSA) is 86.8 Å². The molecule has 1 saturated heterocycles. The van der Waals surface area contributed by atoms with E-state index in [1.807, 2.05) is 0 Å². The second kappa shape index (κ2) is 10.6. The highest BCUT2D eigenvalue weighted by atomic mass is 35.5. The predicted molar refractivity (Wildman–Crippen MR) is 130 cm³/mol. The molecular weight excluding hydrogens is 473 g/mol. The fourth-order valence-corrected chi connectivity index (χ4v) is 3.70. The molecule has 2 heterocycles. The summed E-state index contributed by atoms with van der Waals surface area (Å²) in [5, 5.41) is 6.39. The Balaban J connectivity index is 1.59. The van der Waals surface area contributed by atoms with Crippen molar-refractivity contribution in [2.75, 3.05) is 5.32 Å².